The highest BCUT2D eigenvalue weighted by Gasteiger charge is 2.13. The van der Waals surface area contributed by atoms with E-state index >= 15 is 0 Å². The Labute approximate surface area is 93.0 Å². The number of nitrogens with one attached hydrogen (secondary N) is 1. The number of carbonyl (C=O) groups is 1. The minimum absolute atomic E-state index is 0. The maximum absolute atomic E-state index is 11.0. The SMILES string of the molecule is NC(=O)C1=CNC=C(c2ccccn2)C1.O. The van der Waals surface area contributed by atoms with Crippen molar-refractivity contribution in [2.24, 2.45) is 5.73 Å². The first-order chi connectivity index (χ1) is 7.27. The molecule has 16 heavy (non-hydrogen) atoms. The number of aromatic nitrogens is 1. The fourth-order valence-electron chi connectivity index (χ4n) is 1.43. The molecule has 0 spiro atoms. The molecule has 0 aliphatic carbocycles. The van der Waals surface area contributed by atoms with Crippen LogP contribution in [0.25, 0.3) is 5.57 Å². The fourth-order valence-corrected chi connectivity index (χ4v) is 1.43. The number of dihydropyridines is 1. The van der Waals surface area contributed by atoms with Gasteiger partial charge in [0, 0.05) is 30.6 Å². The first kappa shape index (κ1) is 11.9. The Bertz CT molecular complexity index is 438. The van der Waals surface area contributed by atoms with Gasteiger partial charge >= 0.3 is 0 Å². The molecule has 0 atom stereocenters. The molecule has 2 rings (SSSR count). The van der Waals surface area contributed by atoms with Gasteiger partial charge in [0.25, 0.3) is 0 Å². The molecule has 0 radical (unpaired) electrons. The number of amides is 1. The smallest absolute Gasteiger partial charge is 0.246 e. The molecule has 5 heteroatoms. The zero-order valence-electron chi connectivity index (χ0n) is 8.60. The summed E-state index contributed by atoms with van der Waals surface area (Å²) in [5.41, 5.74) is 7.60. The lowest BCUT2D eigenvalue weighted by molar-refractivity contribution is -0.114. The van der Waals surface area contributed by atoms with Crippen molar-refractivity contribution in [3.05, 3.63) is 48.1 Å². The summed E-state index contributed by atoms with van der Waals surface area (Å²) in [6.45, 7) is 0. The maximum atomic E-state index is 11.0. The quantitative estimate of drug-likeness (QED) is 0.729. The van der Waals surface area contributed by atoms with Gasteiger partial charge in [0.1, 0.15) is 0 Å². The Morgan fingerprint density at radius 2 is 2.19 bits per heavy atom. The Morgan fingerprint density at radius 1 is 1.38 bits per heavy atom. The van der Waals surface area contributed by atoms with Crippen molar-refractivity contribution in [2.45, 2.75) is 6.42 Å². The van der Waals surface area contributed by atoms with Crippen molar-refractivity contribution in [1.82, 2.24) is 10.3 Å². The van der Waals surface area contributed by atoms with Crippen LogP contribution in [0.4, 0.5) is 0 Å². The minimum Gasteiger partial charge on any atom is -0.412 e. The van der Waals surface area contributed by atoms with Crippen molar-refractivity contribution < 1.29 is 10.3 Å². The lowest BCUT2D eigenvalue weighted by atomic mass is 10.0. The van der Waals surface area contributed by atoms with Gasteiger partial charge in [-0.25, -0.2) is 0 Å². The topological polar surface area (TPSA) is 99.5 Å². The molecule has 0 fully saturated rings. The maximum Gasteiger partial charge on any atom is 0.246 e. The summed E-state index contributed by atoms with van der Waals surface area (Å²) in [4.78, 5) is 15.2. The van der Waals surface area contributed by atoms with E-state index in [-0.39, 0.29) is 5.48 Å². The minimum atomic E-state index is -0.399. The number of nitrogens with two attached hydrogens (primary N) is 1. The molecule has 1 aliphatic heterocycles. The zero-order chi connectivity index (χ0) is 10.7. The predicted molar refractivity (Wildman–Crippen MR) is 60.9 cm³/mol. The summed E-state index contributed by atoms with van der Waals surface area (Å²) in [5.74, 6) is -0.399. The molecule has 1 aliphatic rings. The van der Waals surface area contributed by atoms with E-state index in [9.17, 15) is 4.79 Å². The summed E-state index contributed by atoms with van der Waals surface area (Å²) in [7, 11) is 0. The average molecular weight is 219 g/mol. The molecular weight excluding hydrogens is 206 g/mol. The van der Waals surface area contributed by atoms with Gasteiger partial charge in [-0.05, 0) is 17.7 Å². The third-order valence-electron chi connectivity index (χ3n) is 2.21. The molecule has 84 valence electrons. The molecular formula is C11H13N3O2. The molecule has 5 N–H and O–H groups in total. The van der Waals surface area contributed by atoms with E-state index in [0.717, 1.165) is 11.3 Å². The van der Waals surface area contributed by atoms with E-state index in [4.69, 9.17) is 5.73 Å². The molecule has 0 saturated heterocycles. The molecule has 2 heterocycles. The molecule has 5 nitrogen and oxygen atoms in total. The summed E-state index contributed by atoms with van der Waals surface area (Å²) in [6.07, 6.45) is 5.70. The second-order valence-corrected chi connectivity index (χ2v) is 3.26. The molecule has 0 unspecified atom stereocenters. The van der Waals surface area contributed by atoms with Crippen molar-refractivity contribution in [3.63, 3.8) is 0 Å². The normalized spacial score (nSPS) is 14.0. The van der Waals surface area contributed by atoms with E-state index in [2.05, 4.69) is 10.3 Å². The van der Waals surface area contributed by atoms with Crippen LogP contribution in [0.1, 0.15) is 12.1 Å². The highest BCUT2D eigenvalue weighted by atomic mass is 16.1. The van der Waals surface area contributed by atoms with Gasteiger partial charge in [0.15, 0.2) is 0 Å². The number of carbonyl (C=O) groups excluding carboxylic acids is 1. The van der Waals surface area contributed by atoms with Crippen LogP contribution in [0.5, 0.6) is 0 Å². The van der Waals surface area contributed by atoms with Gasteiger partial charge in [0.2, 0.25) is 5.91 Å². The number of allylic oxidation sites excluding steroid dienone is 1. The summed E-state index contributed by atoms with van der Waals surface area (Å²) < 4.78 is 0. The molecule has 1 aromatic heterocycles. The van der Waals surface area contributed by atoms with Crippen LogP contribution in [0.2, 0.25) is 0 Å². The molecule has 0 saturated carbocycles. The zero-order valence-corrected chi connectivity index (χ0v) is 8.60. The number of nitrogens with zero attached hydrogens (tertiary/aromatic N) is 1. The number of pyridine rings is 1. The second kappa shape index (κ2) is 5.09. The van der Waals surface area contributed by atoms with E-state index in [1.165, 1.54) is 0 Å². The van der Waals surface area contributed by atoms with Gasteiger partial charge < -0.3 is 16.5 Å². The van der Waals surface area contributed by atoms with Crippen LogP contribution in [0, 0.1) is 0 Å². The summed E-state index contributed by atoms with van der Waals surface area (Å²) in [5, 5.41) is 2.90. The lowest BCUT2D eigenvalue weighted by Gasteiger charge is -2.13. The second-order valence-electron chi connectivity index (χ2n) is 3.26. The van der Waals surface area contributed by atoms with Crippen molar-refractivity contribution >= 4 is 11.5 Å². The summed E-state index contributed by atoms with van der Waals surface area (Å²) in [6, 6.07) is 5.66. The van der Waals surface area contributed by atoms with Crippen molar-refractivity contribution in [2.75, 3.05) is 0 Å². The lowest BCUT2D eigenvalue weighted by Crippen LogP contribution is -2.19. The monoisotopic (exact) mass is 219 g/mol. The van der Waals surface area contributed by atoms with E-state index in [0.29, 0.717) is 12.0 Å². The standard InChI is InChI=1S/C11H11N3O.H2O/c12-11(15)9-5-8(6-13-7-9)10-3-1-2-4-14-10;/h1-4,6-7,13H,5H2,(H2,12,15);1H2. The predicted octanol–water partition coefficient (Wildman–Crippen LogP) is -0.0397. The van der Waals surface area contributed by atoms with Crippen molar-refractivity contribution in [1.29, 1.82) is 0 Å². The number of hydrogen-bond donors (Lipinski definition) is 2. The number of hydrogen-bond acceptors (Lipinski definition) is 3. The molecule has 0 aromatic carbocycles. The van der Waals surface area contributed by atoms with Crippen LogP contribution >= 0.6 is 0 Å². The Hall–Kier alpha value is -2.14. The number of primary amides is 1. The highest BCUT2D eigenvalue weighted by molar-refractivity contribution is 5.94. The van der Waals surface area contributed by atoms with Gasteiger partial charge in [-0.2, -0.15) is 0 Å². The Kier molecular flexibility index (Phi) is 3.79. The first-order valence-corrected chi connectivity index (χ1v) is 4.63. The highest BCUT2D eigenvalue weighted by Crippen LogP contribution is 2.21. The fraction of sp³-hybridized carbons (Fsp3) is 0.0909. The van der Waals surface area contributed by atoms with Gasteiger partial charge in [-0.3, -0.25) is 9.78 Å². The Morgan fingerprint density at radius 3 is 2.81 bits per heavy atom. The largest absolute Gasteiger partial charge is 0.412 e. The Balaban J connectivity index is 0.00000128. The third-order valence-corrected chi connectivity index (χ3v) is 2.21. The van der Waals surface area contributed by atoms with E-state index < -0.39 is 5.91 Å². The van der Waals surface area contributed by atoms with E-state index in [1.807, 2.05) is 24.4 Å². The first-order valence-electron chi connectivity index (χ1n) is 4.63. The van der Waals surface area contributed by atoms with Gasteiger partial charge in [0.05, 0.1) is 5.69 Å². The van der Waals surface area contributed by atoms with Crippen molar-refractivity contribution in [3.8, 4) is 0 Å². The molecule has 1 amide bonds. The van der Waals surface area contributed by atoms with Gasteiger partial charge in [-0.1, -0.05) is 6.07 Å². The van der Waals surface area contributed by atoms with Crippen LogP contribution in [-0.4, -0.2) is 16.4 Å². The third kappa shape index (κ3) is 2.46. The van der Waals surface area contributed by atoms with Crippen LogP contribution in [0.3, 0.4) is 0 Å². The van der Waals surface area contributed by atoms with Gasteiger partial charge in [-0.15, -0.1) is 0 Å². The van der Waals surface area contributed by atoms with Crippen LogP contribution in [-0.2, 0) is 4.79 Å². The van der Waals surface area contributed by atoms with Crippen LogP contribution in [0.15, 0.2) is 42.4 Å². The van der Waals surface area contributed by atoms with Crippen LogP contribution < -0.4 is 11.1 Å². The average Bonchev–Trinajstić information content (AvgIpc) is 2.30. The molecule has 1 aromatic rings. The van der Waals surface area contributed by atoms with E-state index in [1.54, 1.807) is 12.4 Å². The molecule has 0 bridgehead atoms. The summed E-state index contributed by atoms with van der Waals surface area (Å²) >= 11 is 0. The number of rotatable bonds is 2.